The van der Waals surface area contributed by atoms with E-state index in [1.54, 1.807) is 19.3 Å². The van der Waals surface area contributed by atoms with Crippen LogP contribution in [0.15, 0.2) is 86.0 Å². The first-order chi connectivity index (χ1) is 19.4. The monoisotopic (exact) mass is 559 g/mol. The maximum atomic E-state index is 11.0. The van der Waals surface area contributed by atoms with Crippen molar-refractivity contribution in [3.05, 3.63) is 119 Å². The van der Waals surface area contributed by atoms with Crippen molar-refractivity contribution in [2.45, 2.75) is 44.1 Å². The summed E-state index contributed by atoms with van der Waals surface area (Å²) in [5.41, 5.74) is 7.02. The predicted octanol–water partition coefficient (Wildman–Crippen LogP) is 6.29. The number of nitrogens with zero attached hydrogens (tertiary/aromatic N) is 1. The van der Waals surface area contributed by atoms with Crippen LogP contribution < -0.4 is 9.64 Å². The Labute approximate surface area is 242 Å². The van der Waals surface area contributed by atoms with Gasteiger partial charge in [-0.2, -0.15) is 0 Å². The van der Waals surface area contributed by atoms with Crippen molar-refractivity contribution < 1.29 is 19.7 Å². The van der Waals surface area contributed by atoms with Crippen LogP contribution >= 0.6 is 11.6 Å². The molecule has 210 valence electrons. The molecule has 1 fully saturated rings. The first-order valence-corrected chi connectivity index (χ1v) is 14.3. The lowest BCUT2D eigenvalue weighted by molar-refractivity contribution is -0.162. The van der Waals surface area contributed by atoms with Crippen LogP contribution in [0.5, 0.6) is 5.75 Å². The van der Waals surface area contributed by atoms with Gasteiger partial charge in [0, 0.05) is 35.6 Å². The van der Waals surface area contributed by atoms with Gasteiger partial charge in [0.2, 0.25) is 0 Å². The van der Waals surface area contributed by atoms with Crippen LogP contribution in [-0.4, -0.2) is 42.7 Å². The number of rotatable bonds is 9. The predicted molar refractivity (Wildman–Crippen MR) is 161 cm³/mol. The second kappa shape index (κ2) is 12.6. The summed E-state index contributed by atoms with van der Waals surface area (Å²) in [6.07, 6.45) is 4.52. The van der Waals surface area contributed by atoms with Crippen LogP contribution in [0.3, 0.4) is 0 Å². The molecule has 0 saturated carbocycles. The van der Waals surface area contributed by atoms with E-state index in [9.17, 15) is 10.2 Å². The molecule has 0 spiro atoms. The topological polar surface area (TPSA) is 62.2 Å². The Morgan fingerprint density at radius 1 is 1.02 bits per heavy atom. The average molecular weight is 560 g/mol. The Balaban J connectivity index is 1.36. The van der Waals surface area contributed by atoms with Gasteiger partial charge in [0.15, 0.2) is 0 Å². The van der Waals surface area contributed by atoms with Gasteiger partial charge in [-0.15, -0.1) is 13.2 Å². The van der Waals surface area contributed by atoms with Crippen LogP contribution in [0.2, 0.25) is 5.02 Å². The summed E-state index contributed by atoms with van der Waals surface area (Å²) in [6, 6.07) is 20.9. The summed E-state index contributed by atoms with van der Waals surface area (Å²) in [5.74, 6) is 0.173. The molecule has 5 atom stereocenters. The summed E-state index contributed by atoms with van der Waals surface area (Å²) in [5, 5.41) is 21.6. The molecule has 0 aromatic heterocycles. The molecule has 3 aromatic rings. The van der Waals surface area contributed by atoms with Crippen molar-refractivity contribution in [3.63, 3.8) is 0 Å². The molecule has 2 aliphatic heterocycles. The number of benzene rings is 3. The minimum absolute atomic E-state index is 0.195. The second-order valence-corrected chi connectivity index (χ2v) is 11.2. The smallest absolute Gasteiger partial charge is 0.118 e. The van der Waals surface area contributed by atoms with Crippen molar-refractivity contribution in [3.8, 4) is 5.75 Å². The minimum atomic E-state index is -0.744. The van der Waals surface area contributed by atoms with Gasteiger partial charge in [0.05, 0.1) is 32.0 Å². The largest absolute Gasteiger partial charge is 0.497 e. The Morgan fingerprint density at radius 2 is 1.77 bits per heavy atom. The molecule has 0 radical (unpaired) electrons. The SMILES string of the molecule is C=CC1C(CO)OC(c2ccc(Cl)c(Cc3ccc4c(c3)CCCN4Cc3ccc(OC)cc3)c2)C(C=C)C1O. The minimum Gasteiger partial charge on any atom is -0.497 e. The van der Waals surface area contributed by atoms with Crippen molar-refractivity contribution in [1.29, 1.82) is 0 Å². The summed E-state index contributed by atoms with van der Waals surface area (Å²) < 4.78 is 11.6. The van der Waals surface area contributed by atoms with Crippen LogP contribution in [-0.2, 0) is 24.1 Å². The van der Waals surface area contributed by atoms with Crippen molar-refractivity contribution >= 4 is 17.3 Å². The van der Waals surface area contributed by atoms with Gasteiger partial charge in [0.25, 0.3) is 0 Å². The third-order valence-electron chi connectivity index (χ3n) is 8.30. The Kier molecular flexibility index (Phi) is 8.97. The third-order valence-corrected chi connectivity index (χ3v) is 8.67. The van der Waals surface area contributed by atoms with Gasteiger partial charge in [0.1, 0.15) is 5.75 Å². The van der Waals surface area contributed by atoms with Crippen LogP contribution in [0.1, 0.15) is 40.3 Å². The number of hydrogen-bond acceptors (Lipinski definition) is 5. The van der Waals surface area contributed by atoms with E-state index in [2.05, 4.69) is 54.5 Å². The summed E-state index contributed by atoms with van der Waals surface area (Å²) >= 11 is 6.68. The van der Waals surface area contributed by atoms with Crippen LogP contribution in [0, 0.1) is 11.8 Å². The van der Waals surface area contributed by atoms with E-state index in [-0.39, 0.29) is 18.4 Å². The van der Waals surface area contributed by atoms with Gasteiger partial charge >= 0.3 is 0 Å². The van der Waals surface area contributed by atoms with E-state index in [0.29, 0.717) is 11.4 Å². The highest BCUT2D eigenvalue weighted by Gasteiger charge is 2.42. The van der Waals surface area contributed by atoms with Gasteiger partial charge < -0.3 is 24.6 Å². The lowest BCUT2D eigenvalue weighted by Gasteiger charge is -2.43. The summed E-state index contributed by atoms with van der Waals surface area (Å²) in [4.78, 5) is 2.45. The molecule has 5 unspecified atom stereocenters. The molecule has 2 aliphatic rings. The zero-order valence-electron chi connectivity index (χ0n) is 23.0. The highest BCUT2D eigenvalue weighted by Crippen LogP contribution is 2.41. The first kappa shape index (κ1) is 28.4. The molecule has 0 bridgehead atoms. The molecule has 0 aliphatic carbocycles. The van der Waals surface area contributed by atoms with Gasteiger partial charge in [-0.1, -0.05) is 60.2 Å². The Morgan fingerprint density at radius 3 is 2.48 bits per heavy atom. The quantitative estimate of drug-likeness (QED) is 0.302. The van der Waals surface area contributed by atoms with Crippen LogP contribution in [0.4, 0.5) is 5.69 Å². The number of anilines is 1. The number of ether oxygens (including phenoxy) is 2. The van der Waals surface area contributed by atoms with E-state index in [0.717, 1.165) is 42.8 Å². The number of fused-ring (bicyclic) bond motifs is 1. The van der Waals surface area contributed by atoms with Crippen molar-refractivity contribution in [2.24, 2.45) is 11.8 Å². The van der Waals surface area contributed by atoms with Crippen molar-refractivity contribution in [1.82, 2.24) is 0 Å². The molecule has 0 amide bonds. The zero-order valence-corrected chi connectivity index (χ0v) is 23.8. The lowest BCUT2D eigenvalue weighted by atomic mass is 9.78. The number of hydrogen-bond donors (Lipinski definition) is 2. The van der Waals surface area contributed by atoms with E-state index in [1.165, 1.54) is 22.4 Å². The maximum absolute atomic E-state index is 11.0. The molecular formula is C34H38ClNO4. The molecule has 3 aromatic carbocycles. The van der Waals surface area contributed by atoms with Gasteiger partial charge in [-0.3, -0.25) is 0 Å². The molecule has 1 saturated heterocycles. The van der Waals surface area contributed by atoms with E-state index >= 15 is 0 Å². The molecule has 5 rings (SSSR count). The first-order valence-electron chi connectivity index (χ1n) is 13.9. The Hall–Kier alpha value is -3.09. The molecular weight excluding hydrogens is 522 g/mol. The summed E-state index contributed by atoms with van der Waals surface area (Å²) in [7, 11) is 1.69. The maximum Gasteiger partial charge on any atom is 0.118 e. The molecule has 2 heterocycles. The van der Waals surface area contributed by atoms with Crippen molar-refractivity contribution in [2.75, 3.05) is 25.2 Å². The number of aliphatic hydroxyl groups is 2. The fraction of sp³-hybridized carbons (Fsp3) is 0.353. The fourth-order valence-corrected chi connectivity index (χ4v) is 6.31. The Bertz CT molecular complexity index is 1340. The van der Waals surface area contributed by atoms with E-state index in [1.807, 2.05) is 24.3 Å². The molecule has 5 nitrogen and oxygen atoms in total. The number of halogens is 1. The normalized spacial score (nSPS) is 24.3. The zero-order chi connectivity index (χ0) is 28.2. The standard InChI is InChI=1S/C34H38ClNO4/c1-4-28-32(21-37)40-34(29(5-2)33(28)38)25-11-14-30(35)26(19-25)18-23-10-15-31-24(17-23)7-6-16-36(31)20-22-8-12-27(39-3)13-9-22/h4-5,8-15,17,19,28-29,32-34,37-38H,1-2,6-7,16,18,20-21H2,3H3. The molecule has 40 heavy (non-hydrogen) atoms. The van der Waals surface area contributed by atoms with Gasteiger partial charge in [-0.25, -0.2) is 0 Å². The molecule has 2 N–H and O–H groups in total. The second-order valence-electron chi connectivity index (χ2n) is 10.8. The third kappa shape index (κ3) is 5.84. The molecule has 6 heteroatoms. The fourth-order valence-electron chi connectivity index (χ4n) is 6.13. The average Bonchev–Trinajstić information content (AvgIpc) is 2.98. The van der Waals surface area contributed by atoms with Gasteiger partial charge in [-0.05, 0) is 71.3 Å². The number of aryl methyl sites for hydroxylation is 1. The highest BCUT2D eigenvalue weighted by molar-refractivity contribution is 6.31. The van der Waals surface area contributed by atoms with E-state index in [4.69, 9.17) is 21.1 Å². The van der Waals surface area contributed by atoms with Crippen LogP contribution in [0.25, 0.3) is 0 Å². The van der Waals surface area contributed by atoms with E-state index < -0.39 is 18.3 Å². The lowest BCUT2D eigenvalue weighted by Crippen LogP contribution is -2.47. The number of aliphatic hydroxyl groups excluding tert-OH is 2. The summed E-state index contributed by atoms with van der Waals surface area (Å²) in [6.45, 7) is 9.47. The number of methoxy groups -OCH3 is 1. The highest BCUT2D eigenvalue weighted by atomic mass is 35.5.